The smallest absolute Gasteiger partial charge is 0.226 e. The van der Waals surface area contributed by atoms with Gasteiger partial charge in [-0.25, -0.2) is 4.98 Å². The highest BCUT2D eigenvalue weighted by Gasteiger charge is 2.16. The van der Waals surface area contributed by atoms with E-state index in [1.54, 1.807) is 38.4 Å². The van der Waals surface area contributed by atoms with Crippen LogP contribution < -0.4 is 10.6 Å². The average Bonchev–Trinajstić information content (AvgIpc) is 3.17. The first-order valence-electron chi connectivity index (χ1n) is 10.7. The fourth-order valence-corrected chi connectivity index (χ4v) is 3.60. The number of aromatic hydroxyl groups is 1. The number of anilines is 2. The highest BCUT2D eigenvalue weighted by Crippen LogP contribution is 2.28. The van der Waals surface area contributed by atoms with Gasteiger partial charge in [0.15, 0.2) is 17.0 Å². The Hall–Kier alpha value is -3.36. The first kappa shape index (κ1) is 22.8. The maximum absolute atomic E-state index is 10.2. The molecule has 0 fully saturated rings. The zero-order valence-electron chi connectivity index (χ0n) is 18.6. The Morgan fingerprint density at radius 1 is 1.03 bits per heavy atom. The van der Waals surface area contributed by atoms with Gasteiger partial charge in [0.25, 0.3) is 0 Å². The molecule has 0 aliphatic heterocycles. The van der Waals surface area contributed by atoms with Crippen LogP contribution in [0.4, 0.5) is 11.8 Å². The van der Waals surface area contributed by atoms with Gasteiger partial charge in [-0.15, -0.1) is 0 Å². The van der Waals surface area contributed by atoms with E-state index in [0.717, 1.165) is 5.56 Å². The third-order valence-corrected chi connectivity index (χ3v) is 5.50. The second kappa shape index (κ2) is 9.64. The van der Waals surface area contributed by atoms with Crippen LogP contribution in [0, 0.1) is 0 Å². The van der Waals surface area contributed by atoms with E-state index >= 15 is 0 Å². The minimum Gasteiger partial charge on any atom is -0.506 e. The number of hydrogen-bond acceptors (Lipinski definition) is 7. The molecule has 0 saturated carbocycles. The van der Waals surface area contributed by atoms with Crippen molar-refractivity contribution >= 4 is 34.5 Å². The second-order valence-corrected chi connectivity index (χ2v) is 8.92. The van der Waals surface area contributed by atoms with E-state index in [4.69, 9.17) is 11.6 Å². The number of nitrogens with zero attached hydrogens (tertiary/aromatic N) is 4. The van der Waals surface area contributed by atoms with Crippen molar-refractivity contribution in [2.24, 2.45) is 0 Å². The highest BCUT2D eigenvalue weighted by atomic mass is 35.5. The monoisotopic (exact) mass is 466 g/mol. The van der Waals surface area contributed by atoms with Crippen LogP contribution in [0.3, 0.4) is 0 Å². The molecular formula is C24H27ClN6O2. The average molecular weight is 467 g/mol. The minimum absolute atomic E-state index is 0.0371. The van der Waals surface area contributed by atoms with Gasteiger partial charge in [0.2, 0.25) is 5.95 Å². The molecule has 0 saturated heterocycles. The molecule has 4 N–H and O–H groups in total. The van der Waals surface area contributed by atoms with Crippen LogP contribution >= 0.6 is 11.6 Å². The molecule has 0 spiro atoms. The molecule has 0 aliphatic carbocycles. The van der Waals surface area contributed by atoms with Crippen LogP contribution in [-0.2, 0) is 13.1 Å². The highest BCUT2D eigenvalue weighted by molar-refractivity contribution is 6.32. The lowest BCUT2D eigenvalue weighted by Crippen LogP contribution is -2.23. The number of benzene rings is 2. The van der Waals surface area contributed by atoms with Gasteiger partial charge in [0.1, 0.15) is 5.75 Å². The van der Waals surface area contributed by atoms with Gasteiger partial charge in [0, 0.05) is 18.7 Å². The number of fused-ring (bicyclic) bond motifs is 1. The first-order valence-corrected chi connectivity index (χ1v) is 11.1. The maximum Gasteiger partial charge on any atom is 0.226 e. The Morgan fingerprint density at radius 2 is 1.82 bits per heavy atom. The molecule has 0 aliphatic rings. The third kappa shape index (κ3) is 5.71. The lowest BCUT2D eigenvalue weighted by molar-refractivity contribution is 0.0748. The summed E-state index contributed by atoms with van der Waals surface area (Å²) in [6.45, 7) is 4.96. The summed E-state index contributed by atoms with van der Waals surface area (Å²) in [5.41, 5.74) is 2.29. The molecule has 2 aromatic heterocycles. The van der Waals surface area contributed by atoms with E-state index in [1.165, 1.54) is 0 Å². The number of para-hydroxylation sites is 1. The van der Waals surface area contributed by atoms with Crippen LogP contribution in [0.2, 0.25) is 5.02 Å². The first-order chi connectivity index (χ1) is 15.8. The topological polar surface area (TPSA) is 108 Å². The quantitative estimate of drug-likeness (QED) is 0.289. The molecule has 0 atom stereocenters. The molecule has 2 aromatic carbocycles. The molecule has 8 nitrogen and oxygen atoms in total. The van der Waals surface area contributed by atoms with Gasteiger partial charge in [0.05, 0.1) is 23.5 Å². The van der Waals surface area contributed by atoms with Crippen molar-refractivity contribution < 1.29 is 10.2 Å². The van der Waals surface area contributed by atoms with Crippen LogP contribution in [0.25, 0.3) is 11.2 Å². The van der Waals surface area contributed by atoms with Crippen molar-refractivity contribution in [2.75, 3.05) is 17.2 Å². The largest absolute Gasteiger partial charge is 0.506 e. The number of aromatic nitrogens is 4. The van der Waals surface area contributed by atoms with Crippen LogP contribution in [-0.4, -0.2) is 41.9 Å². The number of phenols is 1. The van der Waals surface area contributed by atoms with Crippen molar-refractivity contribution in [1.82, 2.24) is 19.5 Å². The minimum atomic E-state index is -0.794. The van der Waals surface area contributed by atoms with E-state index in [9.17, 15) is 10.2 Å². The Balaban J connectivity index is 1.65. The molecule has 4 rings (SSSR count). The molecule has 0 bridgehead atoms. The molecule has 0 amide bonds. The number of phenolic OH excluding ortho intramolecular Hbond substituents is 1. The van der Waals surface area contributed by atoms with Crippen molar-refractivity contribution in [2.45, 2.75) is 39.0 Å². The summed E-state index contributed by atoms with van der Waals surface area (Å²) in [6.07, 6.45) is 2.28. The summed E-state index contributed by atoms with van der Waals surface area (Å²) in [5.74, 6) is 1.01. The summed E-state index contributed by atoms with van der Waals surface area (Å²) in [4.78, 5) is 13.8. The van der Waals surface area contributed by atoms with E-state index in [2.05, 4.69) is 37.7 Å². The molecule has 2 heterocycles. The predicted octanol–water partition coefficient (Wildman–Crippen LogP) is 4.42. The SMILES string of the molecule is CC(C)(O)CCNc1nc(NCc2cccc(Cl)c2O)c2ncn(Cc3ccccc3)c2n1. The summed E-state index contributed by atoms with van der Waals surface area (Å²) in [7, 11) is 0. The Bertz CT molecular complexity index is 1240. The fourth-order valence-electron chi connectivity index (χ4n) is 3.40. The van der Waals surface area contributed by atoms with E-state index in [-0.39, 0.29) is 5.75 Å². The lowest BCUT2D eigenvalue weighted by atomic mass is 10.1. The molecule has 9 heteroatoms. The summed E-state index contributed by atoms with van der Waals surface area (Å²) < 4.78 is 1.97. The van der Waals surface area contributed by atoms with Gasteiger partial charge in [-0.2, -0.15) is 9.97 Å². The predicted molar refractivity (Wildman–Crippen MR) is 131 cm³/mol. The van der Waals surface area contributed by atoms with Crippen LogP contribution in [0.15, 0.2) is 54.9 Å². The molecule has 172 valence electrons. The Labute approximate surface area is 197 Å². The van der Waals surface area contributed by atoms with Gasteiger partial charge in [-0.1, -0.05) is 54.1 Å². The van der Waals surface area contributed by atoms with Crippen molar-refractivity contribution in [3.05, 3.63) is 71.0 Å². The number of halogens is 1. The van der Waals surface area contributed by atoms with Gasteiger partial charge in [-0.05, 0) is 31.9 Å². The van der Waals surface area contributed by atoms with Gasteiger partial charge in [-0.3, -0.25) is 0 Å². The number of imidazole rings is 1. The van der Waals surface area contributed by atoms with Crippen molar-refractivity contribution in [3.63, 3.8) is 0 Å². The molecule has 0 unspecified atom stereocenters. The van der Waals surface area contributed by atoms with Crippen molar-refractivity contribution in [1.29, 1.82) is 0 Å². The summed E-state index contributed by atoms with van der Waals surface area (Å²) in [5, 5.41) is 27.0. The number of rotatable bonds is 9. The number of aliphatic hydroxyl groups is 1. The van der Waals surface area contributed by atoms with Crippen LogP contribution in [0.1, 0.15) is 31.4 Å². The van der Waals surface area contributed by atoms with E-state index in [0.29, 0.717) is 59.6 Å². The molecular weight excluding hydrogens is 440 g/mol. The maximum atomic E-state index is 10.2. The standard InChI is InChI=1S/C24H27ClN6O2/c1-24(2,33)11-12-26-23-29-21(27-13-17-9-6-10-18(25)20(17)32)19-22(30-23)31(15-28-19)14-16-7-4-3-5-8-16/h3-10,15,32-33H,11-14H2,1-2H3,(H2,26,27,29,30). The van der Waals surface area contributed by atoms with Gasteiger partial charge >= 0.3 is 0 Å². The van der Waals surface area contributed by atoms with Crippen molar-refractivity contribution in [3.8, 4) is 5.75 Å². The summed E-state index contributed by atoms with van der Waals surface area (Å²) >= 11 is 6.04. The molecule has 4 aromatic rings. The third-order valence-electron chi connectivity index (χ3n) is 5.20. The number of hydrogen-bond donors (Lipinski definition) is 4. The Kier molecular flexibility index (Phi) is 6.67. The van der Waals surface area contributed by atoms with Gasteiger partial charge < -0.3 is 25.4 Å². The summed E-state index contributed by atoms with van der Waals surface area (Å²) in [6, 6.07) is 15.3. The zero-order valence-corrected chi connectivity index (χ0v) is 19.3. The normalized spacial score (nSPS) is 11.6. The van der Waals surface area contributed by atoms with E-state index in [1.807, 2.05) is 22.8 Å². The second-order valence-electron chi connectivity index (χ2n) is 8.52. The number of nitrogens with one attached hydrogen (secondary N) is 2. The molecule has 0 radical (unpaired) electrons. The fraction of sp³-hybridized carbons (Fsp3) is 0.292. The Morgan fingerprint density at radius 3 is 2.58 bits per heavy atom. The van der Waals surface area contributed by atoms with Crippen LogP contribution in [0.5, 0.6) is 5.75 Å². The zero-order chi connectivity index (χ0) is 23.4. The van der Waals surface area contributed by atoms with E-state index < -0.39 is 5.60 Å². The molecule has 33 heavy (non-hydrogen) atoms. The lowest BCUT2D eigenvalue weighted by Gasteiger charge is -2.17.